The lowest BCUT2D eigenvalue weighted by Gasteiger charge is -2.29. The van der Waals surface area contributed by atoms with Crippen LogP contribution < -0.4 is 0 Å². The van der Waals surface area contributed by atoms with Gasteiger partial charge in [-0.05, 0) is 50.8 Å². The number of ether oxygens (including phenoxy) is 1. The van der Waals surface area contributed by atoms with Gasteiger partial charge in [0.15, 0.2) is 0 Å². The smallest absolute Gasteiger partial charge is 0.129 e. The van der Waals surface area contributed by atoms with E-state index in [0.717, 1.165) is 26.4 Å². The fourth-order valence-electron chi connectivity index (χ4n) is 2.60. The van der Waals surface area contributed by atoms with Crippen LogP contribution >= 0.6 is 25.4 Å². The third-order valence-electron chi connectivity index (χ3n) is 3.39. The van der Waals surface area contributed by atoms with Crippen LogP contribution in [0.3, 0.4) is 0 Å². The minimum Gasteiger partial charge on any atom is -0.507 e. The molecule has 22 heavy (non-hydrogen) atoms. The van der Waals surface area contributed by atoms with E-state index in [1.165, 1.54) is 0 Å². The van der Waals surface area contributed by atoms with Gasteiger partial charge in [-0.3, -0.25) is 0 Å². The van der Waals surface area contributed by atoms with Crippen molar-refractivity contribution in [2.24, 2.45) is 0 Å². The second-order valence-electron chi connectivity index (χ2n) is 6.37. The number of hydrogen-bond donors (Lipinski definition) is 1. The first-order valence-electron chi connectivity index (χ1n) is 7.14. The molecule has 120 valence electrons. The summed E-state index contributed by atoms with van der Waals surface area (Å²) in [5.41, 5.74) is 1.44. The summed E-state index contributed by atoms with van der Waals surface area (Å²) in [4.78, 5) is 0. The molecule has 3 nitrogen and oxygen atoms in total. The Balaban J connectivity index is 2.60. The van der Waals surface area contributed by atoms with Crippen LogP contribution in [0.15, 0.2) is 28.7 Å². The zero-order chi connectivity index (χ0) is 16.5. The lowest BCUT2D eigenvalue weighted by Crippen LogP contribution is -2.25. The molecule has 0 heterocycles. The minimum atomic E-state index is -0.334. The van der Waals surface area contributed by atoms with Crippen LogP contribution in [0.1, 0.15) is 38.0 Å². The van der Waals surface area contributed by atoms with Crippen molar-refractivity contribution in [3.8, 4) is 5.75 Å². The van der Waals surface area contributed by atoms with Crippen molar-refractivity contribution >= 4 is 36.2 Å². The Bertz CT molecular complexity index is 680. The SMILES string of the molecule is Cc1cc2ccc(Br)cc2c(O)c1[C@@H](COP)OC(C)(C)C. The molecule has 0 saturated carbocycles. The largest absolute Gasteiger partial charge is 0.507 e. The summed E-state index contributed by atoms with van der Waals surface area (Å²) in [5, 5.41) is 12.6. The van der Waals surface area contributed by atoms with Gasteiger partial charge in [-0.2, -0.15) is 0 Å². The normalized spacial score (nSPS) is 13.5. The highest BCUT2D eigenvalue weighted by Crippen LogP contribution is 2.39. The number of aromatic hydroxyl groups is 1. The quantitative estimate of drug-likeness (QED) is 0.728. The molecule has 1 N–H and O–H groups in total. The van der Waals surface area contributed by atoms with E-state index in [9.17, 15) is 5.11 Å². The van der Waals surface area contributed by atoms with E-state index in [-0.39, 0.29) is 17.5 Å². The van der Waals surface area contributed by atoms with Crippen LogP contribution in [0, 0.1) is 6.92 Å². The molecular weight excluding hydrogens is 363 g/mol. The van der Waals surface area contributed by atoms with Crippen molar-refractivity contribution in [2.45, 2.75) is 39.4 Å². The molecule has 1 unspecified atom stereocenters. The lowest BCUT2D eigenvalue weighted by molar-refractivity contribution is -0.0770. The molecule has 2 atom stereocenters. The molecular formula is C17H22BrO3P. The molecule has 0 radical (unpaired) electrons. The van der Waals surface area contributed by atoms with Crippen LogP contribution in [-0.4, -0.2) is 17.3 Å². The predicted molar refractivity (Wildman–Crippen MR) is 97.3 cm³/mol. The molecule has 2 rings (SSSR count). The zero-order valence-electron chi connectivity index (χ0n) is 13.3. The molecule has 5 heteroatoms. The second kappa shape index (κ2) is 6.84. The molecule has 0 amide bonds. The van der Waals surface area contributed by atoms with E-state index in [1.807, 2.05) is 45.9 Å². The van der Waals surface area contributed by atoms with Gasteiger partial charge < -0.3 is 14.4 Å². The van der Waals surface area contributed by atoms with Crippen molar-refractivity contribution in [1.82, 2.24) is 0 Å². The summed E-state index contributed by atoms with van der Waals surface area (Å²) in [6, 6.07) is 7.94. The van der Waals surface area contributed by atoms with E-state index in [1.54, 1.807) is 0 Å². The summed E-state index contributed by atoms with van der Waals surface area (Å²) >= 11 is 3.46. The lowest BCUT2D eigenvalue weighted by atomic mass is 9.96. The number of aryl methyl sites for hydroxylation is 1. The standard InChI is InChI=1S/C17H22BrO3P/c1-10-7-11-5-6-12(18)8-13(11)16(19)15(10)14(9-20-22)21-17(2,3)4/h5-8,14,19H,9,22H2,1-4H3/t14-/m1/s1. The Labute approximate surface area is 142 Å². The Morgan fingerprint density at radius 2 is 1.95 bits per heavy atom. The Kier molecular flexibility index (Phi) is 5.50. The molecule has 2 aromatic rings. The van der Waals surface area contributed by atoms with E-state index < -0.39 is 0 Å². The highest BCUT2D eigenvalue weighted by molar-refractivity contribution is 9.10. The van der Waals surface area contributed by atoms with E-state index in [2.05, 4.69) is 31.5 Å². The number of benzene rings is 2. The van der Waals surface area contributed by atoms with Gasteiger partial charge in [-0.15, -0.1) is 0 Å². The topological polar surface area (TPSA) is 38.7 Å². The number of fused-ring (bicyclic) bond motifs is 1. The second-order valence-corrected chi connectivity index (χ2v) is 7.62. The molecule has 0 aliphatic heterocycles. The average Bonchev–Trinajstić information content (AvgIpc) is 2.38. The molecule has 0 bridgehead atoms. The van der Waals surface area contributed by atoms with Crippen molar-refractivity contribution < 1.29 is 14.4 Å². The summed E-state index contributed by atoms with van der Waals surface area (Å²) in [6.07, 6.45) is -0.333. The van der Waals surface area contributed by atoms with Gasteiger partial charge in [-0.1, -0.05) is 28.1 Å². The molecule has 2 aromatic carbocycles. The van der Waals surface area contributed by atoms with Crippen molar-refractivity contribution in [2.75, 3.05) is 6.61 Å². The van der Waals surface area contributed by atoms with Gasteiger partial charge in [0.1, 0.15) is 11.9 Å². The van der Waals surface area contributed by atoms with Crippen LogP contribution in [0.4, 0.5) is 0 Å². The van der Waals surface area contributed by atoms with Crippen LogP contribution in [0.25, 0.3) is 10.8 Å². The van der Waals surface area contributed by atoms with E-state index in [0.29, 0.717) is 6.61 Å². The molecule has 0 aromatic heterocycles. The highest BCUT2D eigenvalue weighted by atomic mass is 79.9. The monoisotopic (exact) mass is 384 g/mol. The first-order valence-corrected chi connectivity index (χ1v) is 8.40. The summed E-state index contributed by atoms with van der Waals surface area (Å²) in [7, 11) is 2.24. The number of hydrogen-bond acceptors (Lipinski definition) is 3. The summed E-state index contributed by atoms with van der Waals surface area (Å²) in [5.74, 6) is 0.257. The summed E-state index contributed by atoms with van der Waals surface area (Å²) < 4.78 is 12.2. The third kappa shape index (κ3) is 3.99. The van der Waals surface area contributed by atoms with Gasteiger partial charge in [0, 0.05) is 24.9 Å². The molecule has 0 spiro atoms. The van der Waals surface area contributed by atoms with Gasteiger partial charge >= 0.3 is 0 Å². The number of rotatable bonds is 4. The minimum absolute atomic E-state index is 0.257. The highest BCUT2D eigenvalue weighted by Gasteiger charge is 2.25. The van der Waals surface area contributed by atoms with Gasteiger partial charge in [0.2, 0.25) is 0 Å². The number of halogens is 1. The molecule has 0 aliphatic carbocycles. The number of phenolic OH excluding ortho intramolecular Hbond substituents is 1. The van der Waals surface area contributed by atoms with Crippen molar-refractivity contribution in [1.29, 1.82) is 0 Å². The predicted octanol–water partition coefficient (Wildman–Crippen LogP) is 5.28. The zero-order valence-corrected chi connectivity index (χ0v) is 16.1. The van der Waals surface area contributed by atoms with Gasteiger partial charge in [-0.25, -0.2) is 0 Å². The molecule has 0 saturated heterocycles. The van der Waals surface area contributed by atoms with Crippen LogP contribution in [-0.2, 0) is 9.26 Å². The van der Waals surface area contributed by atoms with Crippen molar-refractivity contribution in [3.05, 3.63) is 39.9 Å². The van der Waals surface area contributed by atoms with Gasteiger partial charge in [0.25, 0.3) is 0 Å². The average molecular weight is 385 g/mol. The first-order chi connectivity index (χ1) is 10.2. The fourth-order valence-corrected chi connectivity index (χ4v) is 3.14. The maximum Gasteiger partial charge on any atom is 0.129 e. The van der Waals surface area contributed by atoms with Gasteiger partial charge in [0.05, 0.1) is 12.2 Å². The molecule has 0 fully saturated rings. The first kappa shape index (κ1) is 17.7. The third-order valence-corrected chi connectivity index (χ3v) is 4.07. The fraction of sp³-hybridized carbons (Fsp3) is 0.412. The number of phenols is 1. The Hall–Kier alpha value is -0.670. The van der Waals surface area contributed by atoms with E-state index >= 15 is 0 Å². The van der Waals surface area contributed by atoms with E-state index in [4.69, 9.17) is 9.26 Å². The summed E-state index contributed by atoms with van der Waals surface area (Å²) in [6.45, 7) is 8.32. The van der Waals surface area contributed by atoms with Crippen molar-refractivity contribution in [3.63, 3.8) is 0 Å². The maximum atomic E-state index is 10.8. The Morgan fingerprint density at radius 1 is 1.27 bits per heavy atom. The van der Waals surface area contributed by atoms with Crippen LogP contribution in [0.5, 0.6) is 5.75 Å². The molecule has 0 aliphatic rings. The Morgan fingerprint density at radius 3 is 2.55 bits per heavy atom. The maximum absolute atomic E-state index is 10.8. The van der Waals surface area contributed by atoms with Crippen LogP contribution in [0.2, 0.25) is 0 Å².